The molecule has 5 atom stereocenters. The Morgan fingerprint density at radius 3 is 2.56 bits per heavy atom. The number of nitrogens with zero attached hydrogens (tertiary/aromatic N) is 1. The van der Waals surface area contributed by atoms with Crippen LogP contribution in [0, 0.1) is 23.7 Å². The monoisotopic (exact) mass is 370 g/mol. The van der Waals surface area contributed by atoms with Gasteiger partial charge in [0.15, 0.2) is 0 Å². The highest BCUT2D eigenvalue weighted by molar-refractivity contribution is 5.98. The fourth-order valence-corrected chi connectivity index (χ4v) is 5.23. The molecule has 2 saturated carbocycles. The number of benzene rings is 1. The number of carbonyl (C=O) groups is 3. The predicted octanol–water partition coefficient (Wildman–Crippen LogP) is 1.30. The Morgan fingerprint density at radius 1 is 1.07 bits per heavy atom. The molecule has 0 spiro atoms. The van der Waals surface area contributed by atoms with Crippen LogP contribution in [0.5, 0.6) is 0 Å². The molecule has 0 radical (unpaired) electrons. The lowest BCUT2D eigenvalue weighted by atomic mass is 9.79. The van der Waals surface area contributed by atoms with E-state index in [1.807, 2.05) is 0 Å². The largest absolute Gasteiger partial charge is 0.462 e. The maximum Gasteiger partial charge on any atom is 0.310 e. The fraction of sp³-hybridized carbons (Fsp3) is 0.550. The molecule has 7 nitrogen and oxygen atoms in total. The van der Waals surface area contributed by atoms with E-state index in [1.54, 1.807) is 29.2 Å². The van der Waals surface area contributed by atoms with Crippen LogP contribution in [-0.4, -0.2) is 55.1 Å². The molecule has 27 heavy (non-hydrogen) atoms. The molecular weight excluding hydrogens is 348 g/mol. The van der Waals surface area contributed by atoms with Gasteiger partial charge in [0.1, 0.15) is 6.10 Å². The molecule has 2 aliphatic heterocycles. The standard InChI is InChI=1S/C20H22N2O5/c23-18(16-12-9-14-15(10-12)27-20(25)17(14)16)21-13-3-1-11(2-4-13)19(24)22-5-7-26-8-6-22/h1-4,12,14-17H,5-10H2,(H,21,23)/t12-,14-,15+,16+,17-/m0/s1. The molecule has 1 N–H and O–H groups in total. The van der Waals surface area contributed by atoms with Crippen LogP contribution >= 0.6 is 0 Å². The average molecular weight is 370 g/mol. The third kappa shape index (κ3) is 2.72. The van der Waals surface area contributed by atoms with Crippen molar-refractivity contribution in [1.29, 1.82) is 0 Å². The maximum absolute atomic E-state index is 12.8. The van der Waals surface area contributed by atoms with Crippen LogP contribution < -0.4 is 5.32 Å². The van der Waals surface area contributed by atoms with E-state index < -0.39 is 0 Å². The minimum Gasteiger partial charge on any atom is -0.462 e. The highest BCUT2D eigenvalue weighted by Gasteiger charge is 2.63. The van der Waals surface area contributed by atoms with Gasteiger partial charge in [0.25, 0.3) is 5.91 Å². The first-order valence-corrected chi connectivity index (χ1v) is 9.60. The van der Waals surface area contributed by atoms with Crippen molar-refractivity contribution in [2.75, 3.05) is 31.6 Å². The second-order valence-corrected chi connectivity index (χ2v) is 7.89. The number of nitrogens with one attached hydrogen (secondary N) is 1. The second kappa shape index (κ2) is 6.34. The third-order valence-corrected chi connectivity index (χ3v) is 6.48. The number of morpholine rings is 1. The van der Waals surface area contributed by atoms with E-state index in [0.29, 0.717) is 37.6 Å². The number of ether oxygens (including phenoxy) is 2. The van der Waals surface area contributed by atoms with E-state index in [4.69, 9.17) is 9.47 Å². The average Bonchev–Trinajstić information content (AvgIpc) is 3.31. The minimum absolute atomic E-state index is 0.0241. The van der Waals surface area contributed by atoms with Crippen molar-refractivity contribution in [3.63, 3.8) is 0 Å². The molecule has 5 rings (SSSR count). The van der Waals surface area contributed by atoms with Gasteiger partial charge in [-0.25, -0.2) is 0 Å². The summed E-state index contributed by atoms with van der Waals surface area (Å²) in [5.41, 5.74) is 1.24. The summed E-state index contributed by atoms with van der Waals surface area (Å²) in [5, 5.41) is 2.93. The van der Waals surface area contributed by atoms with Gasteiger partial charge in [-0.15, -0.1) is 0 Å². The van der Waals surface area contributed by atoms with Gasteiger partial charge in [-0.05, 0) is 43.0 Å². The van der Waals surface area contributed by atoms with Gasteiger partial charge in [-0.1, -0.05) is 0 Å². The lowest BCUT2D eigenvalue weighted by Gasteiger charge is -2.27. The molecule has 2 saturated heterocycles. The summed E-state index contributed by atoms with van der Waals surface area (Å²) in [4.78, 5) is 39.1. The number of rotatable bonds is 3. The first kappa shape index (κ1) is 16.7. The quantitative estimate of drug-likeness (QED) is 0.811. The molecule has 2 aliphatic carbocycles. The Morgan fingerprint density at radius 2 is 1.81 bits per heavy atom. The first-order valence-electron chi connectivity index (χ1n) is 9.60. The number of esters is 1. The summed E-state index contributed by atoms with van der Waals surface area (Å²) in [6.07, 6.45) is 1.74. The molecule has 2 heterocycles. The first-order chi connectivity index (χ1) is 13.1. The van der Waals surface area contributed by atoms with Gasteiger partial charge >= 0.3 is 5.97 Å². The van der Waals surface area contributed by atoms with Crippen molar-refractivity contribution in [1.82, 2.24) is 4.90 Å². The Bertz CT molecular complexity index is 784. The van der Waals surface area contributed by atoms with Crippen LogP contribution in [0.1, 0.15) is 23.2 Å². The van der Waals surface area contributed by atoms with Crippen LogP contribution in [0.15, 0.2) is 24.3 Å². The number of carbonyl (C=O) groups excluding carboxylic acids is 3. The third-order valence-electron chi connectivity index (χ3n) is 6.48. The van der Waals surface area contributed by atoms with Crippen molar-refractivity contribution in [3.05, 3.63) is 29.8 Å². The lowest BCUT2D eigenvalue weighted by Crippen LogP contribution is -2.40. The predicted molar refractivity (Wildman–Crippen MR) is 94.9 cm³/mol. The number of anilines is 1. The zero-order valence-electron chi connectivity index (χ0n) is 14.9. The molecule has 142 valence electrons. The molecule has 1 aromatic rings. The smallest absolute Gasteiger partial charge is 0.310 e. The highest BCUT2D eigenvalue weighted by Crippen LogP contribution is 2.57. The zero-order valence-corrected chi connectivity index (χ0v) is 14.9. The van der Waals surface area contributed by atoms with Gasteiger partial charge in [-0.3, -0.25) is 14.4 Å². The maximum atomic E-state index is 12.8. The summed E-state index contributed by atoms with van der Waals surface area (Å²) < 4.78 is 10.7. The normalized spacial score (nSPS) is 33.9. The van der Waals surface area contributed by atoms with Gasteiger partial charge in [0.05, 0.1) is 25.0 Å². The Balaban J connectivity index is 1.25. The Kier molecular flexibility index (Phi) is 3.93. The summed E-state index contributed by atoms with van der Waals surface area (Å²) in [6, 6.07) is 6.95. The van der Waals surface area contributed by atoms with Crippen LogP contribution in [-0.2, 0) is 19.1 Å². The van der Waals surface area contributed by atoms with Crippen molar-refractivity contribution in [2.24, 2.45) is 23.7 Å². The van der Waals surface area contributed by atoms with E-state index in [9.17, 15) is 14.4 Å². The van der Waals surface area contributed by atoms with Crippen LogP contribution in [0.25, 0.3) is 0 Å². The van der Waals surface area contributed by atoms with Gasteiger partial charge in [0.2, 0.25) is 5.91 Å². The van der Waals surface area contributed by atoms with Gasteiger partial charge in [-0.2, -0.15) is 0 Å². The molecule has 2 amide bonds. The van der Waals surface area contributed by atoms with Crippen LogP contribution in [0.4, 0.5) is 5.69 Å². The topological polar surface area (TPSA) is 84.9 Å². The molecule has 4 fully saturated rings. The van der Waals surface area contributed by atoms with Gasteiger partial charge in [0, 0.05) is 30.3 Å². The Hall–Kier alpha value is -2.41. The number of hydrogen-bond acceptors (Lipinski definition) is 5. The lowest BCUT2D eigenvalue weighted by molar-refractivity contribution is -0.145. The van der Waals surface area contributed by atoms with E-state index in [1.165, 1.54) is 0 Å². The van der Waals surface area contributed by atoms with Crippen molar-refractivity contribution < 1.29 is 23.9 Å². The van der Waals surface area contributed by atoms with E-state index >= 15 is 0 Å². The molecule has 0 unspecified atom stereocenters. The summed E-state index contributed by atoms with van der Waals surface area (Å²) >= 11 is 0. The molecule has 7 heteroatoms. The highest BCUT2D eigenvalue weighted by atomic mass is 16.6. The summed E-state index contributed by atoms with van der Waals surface area (Å²) in [7, 11) is 0. The van der Waals surface area contributed by atoms with Crippen molar-refractivity contribution >= 4 is 23.5 Å². The minimum atomic E-state index is -0.295. The van der Waals surface area contributed by atoms with Crippen molar-refractivity contribution in [2.45, 2.75) is 18.9 Å². The molecule has 2 bridgehead atoms. The number of amides is 2. The SMILES string of the molecule is O=C(Nc1ccc(C(=O)N2CCOCC2)cc1)[C@@H]1[C@H]2C[C@@H]3[C@@H]1C(=O)O[C@@H]3C2. The van der Waals surface area contributed by atoms with E-state index in [0.717, 1.165) is 12.8 Å². The summed E-state index contributed by atoms with van der Waals surface area (Å²) in [6.45, 7) is 2.32. The fourth-order valence-electron chi connectivity index (χ4n) is 5.23. The Labute approximate surface area is 157 Å². The molecular formula is C20H22N2O5. The van der Waals surface area contributed by atoms with Crippen LogP contribution in [0.3, 0.4) is 0 Å². The number of fused-ring (bicyclic) bond motifs is 1. The van der Waals surface area contributed by atoms with E-state index in [2.05, 4.69) is 5.32 Å². The van der Waals surface area contributed by atoms with Gasteiger partial charge < -0.3 is 19.7 Å². The summed E-state index contributed by atoms with van der Waals surface area (Å²) in [5.74, 6) is -0.477. The zero-order chi connectivity index (χ0) is 18.5. The number of hydrogen-bond donors (Lipinski definition) is 1. The second-order valence-electron chi connectivity index (χ2n) is 7.89. The molecule has 4 aliphatic rings. The van der Waals surface area contributed by atoms with Crippen molar-refractivity contribution in [3.8, 4) is 0 Å². The molecule has 0 aromatic heterocycles. The molecule has 1 aromatic carbocycles. The van der Waals surface area contributed by atoms with E-state index in [-0.39, 0.29) is 47.6 Å². The van der Waals surface area contributed by atoms with Crippen LogP contribution in [0.2, 0.25) is 0 Å².